The minimum atomic E-state index is -0.858. The number of halogens is 1. The van der Waals surface area contributed by atoms with Crippen LogP contribution >= 0.6 is 0 Å². The van der Waals surface area contributed by atoms with E-state index in [-0.39, 0.29) is 12.3 Å². The molecule has 0 fully saturated rings. The summed E-state index contributed by atoms with van der Waals surface area (Å²) in [7, 11) is 1.58. The zero-order valence-electron chi connectivity index (χ0n) is 12.0. The molecule has 1 aromatic heterocycles. The van der Waals surface area contributed by atoms with Crippen LogP contribution in [-0.2, 0) is 11.2 Å². The molecule has 0 unspecified atom stereocenters. The summed E-state index contributed by atoms with van der Waals surface area (Å²) in [6.45, 7) is 0. The molecule has 0 atom stereocenters. The van der Waals surface area contributed by atoms with Crippen molar-refractivity contribution in [3.05, 3.63) is 59.7 Å². The van der Waals surface area contributed by atoms with Crippen LogP contribution in [0.3, 0.4) is 0 Å². The van der Waals surface area contributed by atoms with Crippen molar-refractivity contribution in [1.29, 1.82) is 0 Å². The van der Waals surface area contributed by atoms with Gasteiger partial charge in [-0.15, -0.1) is 0 Å². The lowest BCUT2D eigenvalue weighted by atomic mass is 10.1. The minimum Gasteiger partial charge on any atom is -0.481 e. The summed E-state index contributed by atoms with van der Waals surface area (Å²) in [5, 5.41) is 8.64. The summed E-state index contributed by atoms with van der Waals surface area (Å²) in [6.07, 6.45) is 1.75. The highest BCUT2D eigenvalue weighted by Crippen LogP contribution is 2.15. The second-order valence-electron chi connectivity index (χ2n) is 4.79. The standard InChI is InChI=1S/C16H15FN2O3/c1-19(13-7-8-14(17)18-10-13)16(22)12-5-2-11(3-6-12)4-9-15(20)21/h2-3,5-8,10H,4,9H2,1H3,(H,20,21). The fourth-order valence-corrected chi connectivity index (χ4v) is 1.94. The smallest absolute Gasteiger partial charge is 0.303 e. The maximum absolute atomic E-state index is 12.8. The van der Waals surface area contributed by atoms with Gasteiger partial charge in [-0.1, -0.05) is 12.1 Å². The van der Waals surface area contributed by atoms with Gasteiger partial charge in [-0.05, 0) is 36.2 Å². The van der Waals surface area contributed by atoms with E-state index in [0.29, 0.717) is 17.7 Å². The molecule has 0 saturated carbocycles. The van der Waals surface area contributed by atoms with Crippen molar-refractivity contribution in [2.75, 3.05) is 11.9 Å². The van der Waals surface area contributed by atoms with Crippen LogP contribution in [0.15, 0.2) is 42.6 Å². The Bertz CT molecular complexity index is 669. The van der Waals surface area contributed by atoms with Gasteiger partial charge in [0.1, 0.15) is 0 Å². The molecule has 0 bridgehead atoms. The highest BCUT2D eigenvalue weighted by atomic mass is 19.1. The third kappa shape index (κ3) is 3.88. The van der Waals surface area contributed by atoms with Crippen LogP contribution in [0.1, 0.15) is 22.3 Å². The highest BCUT2D eigenvalue weighted by Gasteiger charge is 2.14. The molecule has 2 rings (SSSR count). The third-order valence-corrected chi connectivity index (χ3v) is 3.23. The quantitative estimate of drug-likeness (QED) is 0.862. The highest BCUT2D eigenvalue weighted by molar-refractivity contribution is 6.05. The predicted molar refractivity (Wildman–Crippen MR) is 79.3 cm³/mol. The van der Waals surface area contributed by atoms with E-state index < -0.39 is 11.9 Å². The first-order valence-electron chi connectivity index (χ1n) is 6.67. The monoisotopic (exact) mass is 302 g/mol. The Balaban J connectivity index is 2.08. The SMILES string of the molecule is CN(C(=O)c1ccc(CCC(=O)O)cc1)c1ccc(F)nc1. The summed E-state index contributed by atoms with van der Waals surface area (Å²) < 4.78 is 12.8. The molecule has 0 radical (unpaired) electrons. The van der Waals surface area contributed by atoms with Crippen molar-refractivity contribution in [3.8, 4) is 0 Å². The molecule has 0 aliphatic heterocycles. The number of carboxylic acids is 1. The van der Waals surface area contributed by atoms with Crippen molar-refractivity contribution in [2.24, 2.45) is 0 Å². The van der Waals surface area contributed by atoms with E-state index in [0.717, 1.165) is 5.56 Å². The van der Waals surface area contributed by atoms with E-state index >= 15 is 0 Å². The van der Waals surface area contributed by atoms with Crippen molar-refractivity contribution in [2.45, 2.75) is 12.8 Å². The van der Waals surface area contributed by atoms with Crippen molar-refractivity contribution in [1.82, 2.24) is 4.98 Å². The normalized spacial score (nSPS) is 10.3. The van der Waals surface area contributed by atoms with Gasteiger partial charge in [0.25, 0.3) is 5.91 Å². The Kier molecular flexibility index (Phi) is 4.83. The zero-order chi connectivity index (χ0) is 16.1. The summed E-state index contributed by atoms with van der Waals surface area (Å²) in [5.41, 5.74) is 1.80. The Morgan fingerprint density at radius 1 is 1.18 bits per heavy atom. The first-order valence-corrected chi connectivity index (χ1v) is 6.67. The van der Waals surface area contributed by atoms with Gasteiger partial charge in [-0.3, -0.25) is 9.59 Å². The Hall–Kier alpha value is -2.76. The summed E-state index contributed by atoms with van der Waals surface area (Å²) in [6, 6.07) is 9.41. The van der Waals surface area contributed by atoms with Gasteiger partial charge in [0.15, 0.2) is 0 Å². The van der Waals surface area contributed by atoms with Crippen molar-refractivity contribution < 1.29 is 19.1 Å². The number of nitrogens with zero attached hydrogens (tertiary/aromatic N) is 2. The summed E-state index contributed by atoms with van der Waals surface area (Å²) >= 11 is 0. The Morgan fingerprint density at radius 3 is 2.41 bits per heavy atom. The number of anilines is 1. The molecule has 22 heavy (non-hydrogen) atoms. The average Bonchev–Trinajstić information content (AvgIpc) is 2.53. The molecular formula is C16H15FN2O3. The molecule has 0 aliphatic carbocycles. The number of rotatable bonds is 5. The van der Waals surface area contributed by atoms with Crippen LogP contribution in [0, 0.1) is 5.95 Å². The fraction of sp³-hybridized carbons (Fsp3) is 0.188. The number of amides is 1. The summed E-state index contributed by atoms with van der Waals surface area (Å²) in [4.78, 5) is 27.7. The fourth-order valence-electron chi connectivity index (χ4n) is 1.94. The largest absolute Gasteiger partial charge is 0.481 e. The molecule has 114 valence electrons. The molecule has 5 nitrogen and oxygen atoms in total. The molecular weight excluding hydrogens is 287 g/mol. The van der Waals surface area contributed by atoms with Crippen molar-refractivity contribution >= 4 is 17.6 Å². The van der Waals surface area contributed by atoms with Crippen LogP contribution in [0.5, 0.6) is 0 Å². The van der Waals surface area contributed by atoms with Gasteiger partial charge < -0.3 is 10.0 Å². The number of aryl methyl sites for hydroxylation is 1. The van der Waals surface area contributed by atoms with E-state index in [1.54, 1.807) is 31.3 Å². The lowest BCUT2D eigenvalue weighted by molar-refractivity contribution is -0.136. The topological polar surface area (TPSA) is 70.5 Å². The van der Waals surface area contributed by atoms with Crippen LogP contribution < -0.4 is 4.90 Å². The molecule has 0 saturated heterocycles. The van der Waals surface area contributed by atoms with Gasteiger partial charge in [0, 0.05) is 19.0 Å². The number of pyridine rings is 1. The number of carbonyl (C=O) groups excluding carboxylic acids is 1. The van der Waals surface area contributed by atoms with Gasteiger partial charge in [0.05, 0.1) is 11.9 Å². The van der Waals surface area contributed by atoms with Crippen molar-refractivity contribution in [3.63, 3.8) is 0 Å². The third-order valence-electron chi connectivity index (χ3n) is 3.23. The Morgan fingerprint density at radius 2 is 1.86 bits per heavy atom. The number of carbonyl (C=O) groups is 2. The molecule has 6 heteroatoms. The van der Waals surface area contributed by atoms with Crippen LogP contribution in [0.2, 0.25) is 0 Å². The lowest BCUT2D eigenvalue weighted by Gasteiger charge is -2.17. The zero-order valence-corrected chi connectivity index (χ0v) is 12.0. The van der Waals surface area contributed by atoms with E-state index in [1.165, 1.54) is 23.2 Å². The maximum atomic E-state index is 12.8. The number of aromatic nitrogens is 1. The summed E-state index contributed by atoms with van der Waals surface area (Å²) in [5.74, 6) is -1.71. The lowest BCUT2D eigenvalue weighted by Crippen LogP contribution is -2.26. The minimum absolute atomic E-state index is 0.0500. The van der Waals surface area contributed by atoms with Gasteiger partial charge in [-0.2, -0.15) is 4.39 Å². The molecule has 2 aromatic rings. The van der Waals surface area contributed by atoms with Gasteiger partial charge in [0.2, 0.25) is 5.95 Å². The van der Waals surface area contributed by atoms with E-state index in [1.807, 2.05) is 0 Å². The van der Waals surface area contributed by atoms with E-state index in [4.69, 9.17) is 5.11 Å². The van der Waals surface area contributed by atoms with Gasteiger partial charge >= 0.3 is 5.97 Å². The van der Waals surface area contributed by atoms with Crippen LogP contribution in [-0.4, -0.2) is 29.0 Å². The second-order valence-corrected chi connectivity index (χ2v) is 4.79. The second kappa shape index (κ2) is 6.80. The Labute approximate surface area is 127 Å². The molecule has 1 N–H and O–H groups in total. The number of carboxylic acid groups (broad SMARTS) is 1. The first kappa shape index (κ1) is 15.6. The molecule has 1 aromatic carbocycles. The number of hydrogen-bond acceptors (Lipinski definition) is 3. The van der Waals surface area contributed by atoms with Gasteiger partial charge in [-0.25, -0.2) is 4.98 Å². The predicted octanol–water partition coefficient (Wildman–Crippen LogP) is 2.51. The maximum Gasteiger partial charge on any atom is 0.303 e. The first-order chi connectivity index (χ1) is 10.5. The molecule has 1 heterocycles. The van der Waals surface area contributed by atoms with E-state index in [2.05, 4.69) is 4.98 Å². The number of benzene rings is 1. The average molecular weight is 302 g/mol. The number of aliphatic carboxylic acids is 1. The van der Waals surface area contributed by atoms with Crippen LogP contribution in [0.4, 0.5) is 10.1 Å². The van der Waals surface area contributed by atoms with Crippen LogP contribution in [0.25, 0.3) is 0 Å². The molecule has 0 spiro atoms. The number of hydrogen-bond donors (Lipinski definition) is 1. The van der Waals surface area contributed by atoms with E-state index in [9.17, 15) is 14.0 Å². The molecule has 0 aliphatic rings. The molecule has 1 amide bonds.